The van der Waals surface area contributed by atoms with Crippen LogP contribution in [0, 0.1) is 5.41 Å². The van der Waals surface area contributed by atoms with Crippen molar-refractivity contribution >= 4 is 39.6 Å². The van der Waals surface area contributed by atoms with Crippen LogP contribution in [-0.2, 0) is 6.42 Å². The maximum atomic E-state index is 15.7. The Bertz CT molecular complexity index is 1340. The van der Waals surface area contributed by atoms with E-state index in [1.54, 1.807) is 4.57 Å². The minimum atomic E-state index is -1.73. The summed E-state index contributed by atoms with van der Waals surface area (Å²) >= 11 is 8.28. The number of alkyl halides is 1. The Morgan fingerprint density at radius 3 is 2.69 bits per heavy atom. The first-order valence-corrected chi connectivity index (χ1v) is 11.9. The van der Waals surface area contributed by atoms with E-state index >= 15 is 4.39 Å². The molecular weight excluding hydrogens is 453 g/mol. The number of thiophene rings is 1. The number of carbonyl (C=O) groups is 1. The number of hydrogen-bond donors (Lipinski definition) is 3. The van der Waals surface area contributed by atoms with Gasteiger partial charge in [-0.2, -0.15) is 0 Å². The molecule has 32 heavy (non-hydrogen) atoms. The summed E-state index contributed by atoms with van der Waals surface area (Å²) in [5.41, 5.74) is 12.3. The van der Waals surface area contributed by atoms with E-state index in [4.69, 9.17) is 23.1 Å². The largest absolute Gasteiger partial charge is 0.477 e. The van der Waals surface area contributed by atoms with E-state index in [1.807, 2.05) is 6.07 Å². The molecule has 3 aliphatic rings. The van der Waals surface area contributed by atoms with Crippen molar-refractivity contribution in [1.82, 2.24) is 4.57 Å². The van der Waals surface area contributed by atoms with Gasteiger partial charge in [-0.1, -0.05) is 25.4 Å². The lowest BCUT2D eigenvalue weighted by atomic mass is 9.74. The van der Waals surface area contributed by atoms with Gasteiger partial charge in [-0.3, -0.25) is 4.79 Å². The number of rotatable bonds is 3. The van der Waals surface area contributed by atoms with Crippen LogP contribution in [-0.4, -0.2) is 21.8 Å². The molecule has 0 saturated heterocycles. The first kappa shape index (κ1) is 21.7. The number of aromatic carboxylic acids is 1. The van der Waals surface area contributed by atoms with E-state index in [0.717, 1.165) is 41.0 Å². The van der Waals surface area contributed by atoms with Crippen molar-refractivity contribution in [3.63, 3.8) is 0 Å². The quantitative estimate of drug-likeness (QED) is 0.628. The number of halogens is 2. The third-order valence-corrected chi connectivity index (χ3v) is 8.87. The highest BCUT2D eigenvalue weighted by atomic mass is 35.5. The number of hydrogen-bond acceptors (Lipinski definition) is 5. The molecule has 2 aromatic rings. The van der Waals surface area contributed by atoms with Crippen LogP contribution < -0.4 is 27.5 Å². The van der Waals surface area contributed by atoms with Gasteiger partial charge in [0.15, 0.2) is 6.17 Å². The topological polar surface area (TPSA) is 111 Å². The molecule has 0 amide bonds. The SMILES string of the molecule is CC1(C)CCc2cc(C3C(Cl)=c4c(c(=O)c(C(=O)O)cn4C4CC4)=C(N)C3F)sc2C1N. The van der Waals surface area contributed by atoms with Gasteiger partial charge in [0.05, 0.1) is 27.2 Å². The fourth-order valence-corrected chi connectivity index (χ4v) is 6.89. The average Bonchev–Trinajstić information content (AvgIpc) is 3.48. The predicted molar refractivity (Wildman–Crippen MR) is 123 cm³/mol. The van der Waals surface area contributed by atoms with Crippen molar-refractivity contribution in [2.45, 2.75) is 63.7 Å². The molecule has 5 rings (SSSR count). The van der Waals surface area contributed by atoms with Crippen LogP contribution in [0.1, 0.15) is 76.8 Å². The van der Waals surface area contributed by atoms with E-state index in [9.17, 15) is 14.7 Å². The summed E-state index contributed by atoms with van der Waals surface area (Å²) in [5.74, 6) is -2.22. The first-order valence-electron chi connectivity index (χ1n) is 10.7. The number of fused-ring (bicyclic) bond motifs is 2. The molecule has 5 N–H and O–H groups in total. The second-order valence-corrected chi connectivity index (χ2v) is 11.2. The molecule has 3 unspecified atom stereocenters. The minimum absolute atomic E-state index is 0.0200. The van der Waals surface area contributed by atoms with Crippen molar-refractivity contribution in [1.29, 1.82) is 0 Å². The zero-order chi connectivity index (χ0) is 23.1. The number of carboxylic acids is 1. The van der Waals surface area contributed by atoms with Gasteiger partial charge in [0.2, 0.25) is 5.43 Å². The Hall–Kier alpha value is -2.16. The molecule has 9 heteroatoms. The molecular formula is C23H25ClFN3O3S. The normalized spacial score (nSPS) is 26.6. The zero-order valence-electron chi connectivity index (χ0n) is 17.8. The highest BCUT2D eigenvalue weighted by molar-refractivity contribution is 7.12. The number of pyridine rings is 1. The molecule has 3 aliphatic carbocycles. The van der Waals surface area contributed by atoms with Gasteiger partial charge >= 0.3 is 5.97 Å². The van der Waals surface area contributed by atoms with Crippen LogP contribution in [0.2, 0.25) is 0 Å². The third-order valence-electron chi connectivity index (χ3n) is 7.11. The highest BCUT2D eigenvalue weighted by Gasteiger charge is 2.40. The van der Waals surface area contributed by atoms with E-state index in [2.05, 4.69) is 13.8 Å². The molecule has 2 aromatic heterocycles. The van der Waals surface area contributed by atoms with Gasteiger partial charge < -0.3 is 21.1 Å². The summed E-state index contributed by atoms with van der Waals surface area (Å²) < 4.78 is 17.4. The molecule has 2 heterocycles. The van der Waals surface area contributed by atoms with Crippen LogP contribution >= 0.6 is 22.9 Å². The Labute approximate surface area is 193 Å². The van der Waals surface area contributed by atoms with E-state index in [0.29, 0.717) is 5.35 Å². The highest BCUT2D eigenvalue weighted by Crippen LogP contribution is 2.49. The summed E-state index contributed by atoms with van der Waals surface area (Å²) in [6, 6.07) is 1.84. The molecule has 0 spiro atoms. The Kier molecular flexibility index (Phi) is 4.86. The summed E-state index contributed by atoms with van der Waals surface area (Å²) in [7, 11) is 0. The fraction of sp³-hybridized carbons (Fsp3) is 0.478. The molecule has 0 bridgehead atoms. The van der Waals surface area contributed by atoms with Gasteiger partial charge in [0.1, 0.15) is 5.56 Å². The van der Waals surface area contributed by atoms with Gasteiger partial charge in [0, 0.05) is 28.0 Å². The molecule has 6 nitrogen and oxygen atoms in total. The van der Waals surface area contributed by atoms with Crippen molar-refractivity contribution < 1.29 is 14.3 Å². The molecule has 0 radical (unpaired) electrons. The molecule has 1 fully saturated rings. The Morgan fingerprint density at radius 1 is 1.38 bits per heavy atom. The van der Waals surface area contributed by atoms with Gasteiger partial charge in [0.25, 0.3) is 0 Å². The fourth-order valence-electron chi connectivity index (χ4n) is 4.84. The molecule has 1 saturated carbocycles. The van der Waals surface area contributed by atoms with Crippen LogP contribution in [0.5, 0.6) is 0 Å². The van der Waals surface area contributed by atoms with E-state index in [-0.39, 0.29) is 33.4 Å². The van der Waals surface area contributed by atoms with Crippen LogP contribution in [0.4, 0.5) is 4.39 Å². The molecule has 3 atom stereocenters. The summed E-state index contributed by atoms with van der Waals surface area (Å²) in [5, 5.41) is 9.91. The summed E-state index contributed by atoms with van der Waals surface area (Å²) in [6.07, 6.45) is 3.06. The van der Waals surface area contributed by atoms with Crippen LogP contribution in [0.25, 0.3) is 10.7 Å². The Morgan fingerprint density at radius 2 is 2.06 bits per heavy atom. The van der Waals surface area contributed by atoms with Crippen LogP contribution in [0.3, 0.4) is 0 Å². The first-order chi connectivity index (χ1) is 15.0. The minimum Gasteiger partial charge on any atom is -0.477 e. The van der Waals surface area contributed by atoms with Crippen molar-refractivity contribution in [3.8, 4) is 0 Å². The predicted octanol–water partition coefficient (Wildman–Crippen LogP) is 2.46. The third kappa shape index (κ3) is 3.07. The average molecular weight is 478 g/mol. The number of aromatic nitrogens is 1. The maximum Gasteiger partial charge on any atom is 0.341 e. The number of aryl methyl sites for hydroxylation is 1. The molecule has 0 aliphatic heterocycles. The van der Waals surface area contributed by atoms with E-state index < -0.39 is 29.1 Å². The van der Waals surface area contributed by atoms with Gasteiger partial charge in [-0.25, -0.2) is 9.18 Å². The standard InChI is InChI=1S/C23H25ClFN3O3S/c1-23(2)6-5-9-7-12(32-20(9)21(23)27)13-15(24)18-14(17(26)16(13)25)19(29)11(22(30)31)8-28(18)10-3-4-10/h7-8,10,13,16,21H,3-6,26-27H2,1-2H3,(H,30,31). The van der Waals surface area contributed by atoms with Crippen LogP contribution in [0.15, 0.2) is 17.1 Å². The summed E-state index contributed by atoms with van der Waals surface area (Å²) in [6.45, 7) is 4.27. The number of carboxylic acid groups (broad SMARTS) is 1. The van der Waals surface area contributed by atoms with Gasteiger partial charge in [-0.15, -0.1) is 11.3 Å². The summed E-state index contributed by atoms with van der Waals surface area (Å²) in [4.78, 5) is 26.3. The second-order valence-electron chi connectivity index (χ2n) is 9.73. The lowest BCUT2D eigenvalue weighted by molar-refractivity contribution is 0.0694. The Balaban J connectivity index is 1.76. The van der Waals surface area contributed by atoms with E-state index in [1.165, 1.54) is 17.5 Å². The van der Waals surface area contributed by atoms with Gasteiger partial charge in [-0.05, 0) is 42.7 Å². The zero-order valence-corrected chi connectivity index (χ0v) is 19.4. The molecule has 0 aromatic carbocycles. The maximum absolute atomic E-state index is 15.7. The second kappa shape index (κ2) is 7.17. The smallest absolute Gasteiger partial charge is 0.341 e. The molecule has 170 valence electrons. The number of nitrogens with two attached hydrogens (primary N) is 2. The van der Waals surface area contributed by atoms with Crippen molar-refractivity contribution in [2.24, 2.45) is 16.9 Å². The lowest BCUT2D eigenvalue weighted by Crippen LogP contribution is -2.55. The van der Waals surface area contributed by atoms with Crippen molar-refractivity contribution in [2.75, 3.05) is 0 Å². The number of nitrogens with zero attached hydrogens (tertiary/aromatic N) is 1. The van der Waals surface area contributed by atoms with Crippen molar-refractivity contribution in [3.05, 3.63) is 53.9 Å². The monoisotopic (exact) mass is 477 g/mol. The lowest BCUT2D eigenvalue weighted by Gasteiger charge is -2.35.